The summed E-state index contributed by atoms with van der Waals surface area (Å²) in [6, 6.07) is 0. The number of allylic oxidation sites excluding steroid dienone is 1. The predicted octanol–water partition coefficient (Wildman–Crippen LogP) is 3.00. The molecule has 0 aromatic carbocycles. The fourth-order valence-electron chi connectivity index (χ4n) is 1.62. The number of alkyl carbamates (subject to hydrolysis) is 1. The van der Waals surface area contributed by atoms with E-state index in [0.717, 1.165) is 12.8 Å². The Morgan fingerprint density at radius 3 is 2.33 bits per heavy atom. The molecule has 102 valence electrons. The average Bonchev–Trinajstić information content (AvgIpc) is 2.91. The Labute approximate surface area is 113 Å². The first kappa shape index (κ1) is 15.0. The highest BCUT2D eigenvalue weighted by Crippen LogP contribution is 2.47. The second-order valence-corrected chi connectivity index (χ2v) is 6.29. The zero-order valence-corrected chi connectivity index (χ0v) is 11.9. The zero-order chi connectivity index (χ0) is 14.0. The van der Waals surface area contributed by atoms with Crippen molar-refractivity contribution in [3.05, 3.63) is 11.6 Å². The van der Waals surface area contributed by atoms with Gasteiger partial charge in [-0.2, -0.15) is 0 Å². The first-order valence-corrected chi connectivity index (χ1v) is 6.36. The maximum atomic E-state index is 11.9. The Morgan fingerprint density at radius 2 is 1.94 bits per heavy atom. The number of nitrogens with one attached hydrogen (secondary N) is 1. The highest BCUT2D eigenvalue weighted by Gasteiger charge is 2.49. The lowest BCUT2D eigenvalue weighted by molar-refractivity contribution is -0.123. The zero-order valence-electron chi connectivity index (χ0n) is 11.1. The van der Waals surface area contributed by atoms with Crippen molar-refractivity contribution in [1.29, 1.82) is 0 Å². The number of rotatable bonds is 5. The lowest BCUT2D eigenvalue weighted by atomic mass is 9.98. The van der Waals surface area contributed by atoms with Gasteiger partial charge in [0.15, 0.2) is 0 Å². The summed E-state index contributed by atoms with van der Waals surface area (Å²) in [4.78, 5) is 23.4. The van der Waals surface area contributed by atoms with Crippen molar-refractivity contribution in [2.45, 2.75) is 45.6 Å². The molecule has 0 unspecified atom stereocenters. The average molecular weight is 274 g/mol. The van der Waals surface area contributed by atoms with E-state index in [1.54, 1.807) is 20.8 Å². The van der Waals surface area contributed by atoms with Crippen LogP contribution in [0.3, 0.4) is 0 Å². The van der Waals surface area contributed by atoms with Crippen molar-refractivity contribution in [2.24, 2.45) is 5.41 Å². The Kier molecular flexibility index (Phi) is 4.43. The van der Waals surface area contributed by atoms with Gasteiger partial charge >= 0.3 is 6.09 Å². The molecule has 5 heteroatoms. The molecule has 1 rings (SSSR count). The summed E-state index contributed by atoms with van der Waals surface area (Å²) >= 11 is 5.63. The van der Waals surface area contributed by atoms with E-state index in [2.05, 4.69) is 11.9 Å². The Hall–Kier alpha value is -1.03. The molecule has 0 atom stereocenters. The third-order valence-electron chi connectivity index (χ3n) is 2.77. The number of halogens is 1. The fraction of sp³-hybridized carbons (Fsp3) is 0.692. The van der Waals surface area contributed by atoms with Crippen molar-refractivity contribution >= 4 is 23.5 Å². The van der Waals surface area contributed by atoms with Crippen LogP contribution in [-0.2, 0) is 9.53 Å². The molecule has 0 aliphatic heterocycles. The van der Waals surface area contributed by atoms with Gasteiger partial charge in [0.25, 0.3) is 0 Å². The number of carbonyl (C=O) groups is 2. The van der Waals surface area contributed by atoms with Crippen LogP contribution in [-0.4, -0.2) is 24.0 Å². The van der Waals surface area contributed by atoms with Gasteiger partial charge in [-0.15, -0.1) is 0 Å². The number of hydrogen-bond acceptors (Lipinski definition) is 3. The topological polar surface area (TPSA) is 55.4 Å². The fourth-order valence-corrected chi connectivity index (χ4v) is 1.74. The van der Waals surface area contributed by atoms with Crippen LogP contribution in [0.25, 0.3) is 0 Å². The van der Waals surface area contributed by atoms with Gasteiger partial charge in [-0.05, 0) is 33.6 Å². The molecule has 0 bridgehead atoms. The standard InChI is InChI=1S/C13H20ClNO3/c1-9(14)7-10(16)13(5-6-13)8-15-11(17)18-12(2,3)4/h1,5-8H2,2-4H3,(H,15,17). The minimum absolute atomic E-state index is 0.0403. The largest absolute Gasteiger partial charge is 0.444 e. The summed E-state index contributed by atoms with van der Waals surface area (Å²) in [5.41, 5.74) is -0.982. The quantitative estimate of drug-likeness (QED) is 0.838. The molecule has 0 heterocycles. The molecular weight excluding hydrogens is 254 g/mol. The van der Waals surface area contributed by atoms with E-state index in [4.69, 9.17) is 16.3 Å². The molecule has 0 aromatic heterocycles. The van der Waals surface area contributed by atoms with Gasteiger partial charge in [0, 0.05) is 23.4 Å². The van der Waals surface area contributed by atoms with Gasteiger partial charge in [0.1, 0.15) is 11.4 Å². The SMILES string of the molecule is C=C(Cl)CC(=O)C1(CNC(=O)OC(C)(C)C)CC1. The van der Waals surface area contributed by atoms with Crippen LogP contribution in [0.15, 0.2) is 11.6 Å². The van der Waals surface area contributed by atoms with Crippen LogP contribution in [0.1, 0.15) is 40.0 Å². The van der Waals surface area contributed by atoms with E-state index in [1.807, 2.05) is 0 Å². The van der Waals surface area contributed by atoms with Crippen molar-refractivity contribution in [3.63, 3.8) is 0 Å². The molecule has 1 N–H and O–H groups in total. The molecule has 1 amide bonds. The molecule has 0 radical (unpaired) electrons. The van der Waals surface area contributed by atoms with Gasteiger partial charge in [-0.3, -0.25) is 4.79 Å². The first-order chi connectivity index (χ1) is 8.15. The van der Waals surface area contributed by atoms with E-state index in [1.165, 1.54) is 0 Å². The summed E-state index contributed by atoms with van der Waals surface area (Å²) in [6.07, 6.45) is 1.24. The van der Waals surface area contributed by atoms with Crippen LogP contribution in [0.4, 0.5) is 4.79 Å². The van der Waals surface area contributed by atoms with E-state index in [-0.39, 0.29) is 12.2 Å². The molecule has 0 spiro atoms. The molecule has 0 aromatic rings. The summed E-state index contributed by atoms with van der Waals surface area (Å²) < 4.78 is 5.12. The van der Waals surface area contributed by atoms with E-state index in [9.17, 15) is 9.59 Å². The monoisotopic (exact) mass is 273 g/mol. The molecule has 18 heavy (non-hydrogen) atoms. The minimum atomic E-state index is -0.533. The van der Waals surface area contributed by atoms with E-state index in [0.29, 0.717) is 11.6 Å². The highest BCUT2D eigenvalue weighted by molar-refractivity contribution is 6.30. The lowest BCUT2D eigenvalue weighted by Crippen LogP contribution is -2.38. The maximum Gasteiger partial charge on any atom is 0.407 e. The summed E-state index contributed by atoms with van der Waals surface area (Å²) in [5.74, 6) is 0.0403. The third kappa shape index (κ3) is 4.69. The molecular formula is C13H20ClNO3. The smallest absolute Gasteiger partial charge is 0.407 e. The van der Waals surface area contributed by atoms with Crippen molar-refractivity contribution in [1.82, 2.24) is 5.32 Å². The molecule has 1 aliphatic carbocycles. The van der Waals surface area contributed by atoms with Crippen molar-refractivity contribution in [3.8, 4) is 0 Å². The Morgan fingerprint density at radius 1 is 1.39 bits per heavy atom. The Balaban J connectivity index is 2.41. The second-order valence-electron chi connectivity index (χ2n) is 5.75. The molecule has 0 saturated heterocycles. The third-order valence-corrected chi connectivity index (χ3v) is 2.90. The first-order valence-electron chi connectivity index (χ1n) is 5.98. The van der Waals surface area contributed by atoms with Gasteiger partial charge in [0.05, 0.1) is 0 Å². The number of amides is 1. The predicted molar refractivity (Wildman–Crippen MR) is 70.5 cm³/mol. The van der Waals surface area contributed by atoms with Crippen LogP contribution in [0.2, 0.25) is 0 Å². The summed E-state index contributed by atoms with van der Waals surface area (Å²) in [7, 11) is 0. The van der Waals surface area contributed by atoms with Crippen LogP contribution in [0, 0.1) is 5.41 Å². The number of carbonyl (C=O) groups excluding carboxylic acids is 2. The van der Waals surface area contributed by atoms with E-state index >= 15 is 0 Å². The van der Waals surface area contributed by atoms with Crippen LogP contribution < -0.4 is 5.32 Å². The number of ether oxygens (including phenoxy) is 1. The van der Waals surface area contributed by atoms with Gasteiger partial charge in [-0.1, -0.05) is 18.2 Å². The number of Topliss-reactive ketones (excluding diaryl/α,β-unsaturated/α-hetero) is 1. The van der Waals surface area contributed by atoms with Gasteiger partial charge in [-0.25, -0.2) is 4.79 Å². The lowest BCUT2D eigenvalue weighted by Gasteiger charge is -2.21. The van der Waals surface area contributed by atoms with Crippen LogP contribution >= 0.6 is 11.6 Å². The van der Waals surface area contributed by atoms with Gasteiger partial charge < -0.3 is 10.1 Å². The second kappa shape index (κ2) is 5.31. The normalized spacial score (nSPS) is 16.9. The summed E-state index contributed by atoms with van der Waals surface area (Å²) in [5, 5.41) is 2.98. The number of hydrogen-bond donors (Lipinski definition) is 1. The number of ketones is 1. The van der Waals surface area contributed by atoms with Gasteiger partial charge in [0.2, 0.25) is 0 Å². The maximum absolute atomic E-state index is 11.9. The van der Waals surface area contributed by atoms with E-state index < -0.39 is 17.1 Å². The molecule has 1 fully saturated rings. The molecule has 1 saturated carbocycles. The molecule has 1 aliphatic rings. The Bertz CT molecular complexity index is 367. The summed E-state index contributed by atoms with van der Waals surface area (Å²) in [6.45, 7) is 9.20. The highest BCUT2D eigenvalue weighted by atomic mass is 35.5. The van der Waals surface area contributed by atoms with Crippen molar-refractivity contribution < 1.29 is 14.3 Å². The van der Waals surface area contributed by atoms with Crippen molar-refractivity contribution in [2.75, 3.05) is 6.54 Å². The minimum Gasteiger partial charge on any atom is -0.444 e. The van der Waals surface area contributed by atoms with Crippen LogP contribution in [0.5, 0.6) is 0 Å². The molecule has 4 nitrogen and oxygen atoms in total.